The van der Waals surface area contributed by atoms with Crippen LogP contribution in [0.1, 0.15) is 35.1 Å². The van der Waals surface area contributed by atoms with Gasteiger partial charge in [0.2, 0.25) is 0 Å². The first-order chi connectivity index (χ1) is 14.3. The van der Waals surface area contributed by atoms with Gasteiger partial charge in [0, 0.05) is 16.5 Å². The Balaban J connectivity index is 1.40. The fourth-order valence-corrected chi connectivity index (χ4v) is 4.95. The maximum atomic E-state index is 6.09. The van der Waals surface area contributed by atoms with Gasteiger partial charge in [0.05, 0.1) is 6.04 Å². The second-order valence-electron chi connectivity index (χ2n) is 7.77. The normalized spacial score (nSPS) is 21.9. The van der Waals surface area contributed by atoms with E-state index in [1.807, 2.05) is 6.07 Å². The average molecular weight is 400 g/mol. The monoisotopic (exact) mass is 399 g/mol. The van der Waals surface area contributed by atoms with Crippen molar-refractivity contribution >= 4 is 17.4 Å². The Hall–Kier alpha value is -2.65. The molecular weight excluding hydrogens is 374 g/mol. The highest BCUT2D eigenvalue weighted by Gasteiger charge is 2.38. The third kappa shape index (κ3) is 3.67. The van der Waals surface area contributed by atoms with E-state index in [2.05, 4.69) is 90.5 Å². The summed E-state index contributed by atoms with van der Waals surface area (Å²) in [6, 6.07) is 26.2. The zero-order valence-electron chi connectivity index (χ0n) is 16.5. The maximum Gasteiger partial charge on any atom is 0.120 e. The summed E-state index contributed by atoms with van der Waals surface area (Å²) in [7, 11) is 0. The van der Waals surface area contributed by atoms with E-state index in [0.29, 0.717) is 24.5 Å². The number of anilines is 1. The molecular formula is C26H25NOS. The van der Waals surface area contributed by atoms with Gasteiger partial charge in [-0.3, -0.25) is 0 Å². The van der Waals surface area contributed by atoms with Crippen LogP contribution < -0.4 is 10.1 Å². The topological polar surface area (TPSA) is 21.3 Å². The first-order valence-corrected chi connectivity index (χ1v) is 11.4. The van der Waals surface area contributed by atoms with Crippen molar-refractivity contribution in [3.05, 3.63) is 102 Å². The molecule has 1 heterocycles. The minimum atomic E-state index is 0.342. The minimum Gasteiger partial charge on any atom is -0.489 e. The fraction of sp³-hybridized carbons (Fsp3) is 0.231. The van der Waals surface area contributed by atoms with Gasteiger partial charge in [-0.2, -0.15) is 0 Å². The van der Waals surface area contributed by atoms with Gasteiger partial charge in [0.25, 0.3) is 0 Å². The van der Waals surface area contributed by atoms with Crippen molar-refractivity contribution < 1.29 is 4.74 Å². The van der Waals surface area contributed by atoms with E-state index in [0.717, 1.165) is 12.2 Å². The highest BCUT2D eigenvalue weighted by Crippen LogP contribution is 2.50. The molecule has 0 radical (unpaired) electrons. The molecule has 0 saturated heterocycles. The Kier molecular flexibility index (Phi) is 5.07. The number of ether oxygens (including phenoxy) is 1. The Morgan fingerprint density at radius 1 is 1.00 bits per heavy atom. The summed E-state index contributed by atoms with van der Waals surface area (Å²) in [4.78, 5) is 1.31. The van der Waals surface area contributed by atoms with Crippen LogP contribution in [0.15, 0.2) is 89.8 Å². The zero-order chi connectivity index (χ0) is 19.6. The molecule has 3 aromatic carbocycles. The van der Waals surface area contributed by atoms with E-state index in [4.69, 9.17) is 4.74 Å². The lowest BCUT2D eigenvalue weighted by Gasteiger charge is -2.37. The Labute approximate surface area is 177 Å². The number of thioether (sulfide) groups is 1. The van der Waals surface area contributed by atoms with E-state index in [1.54, 1.807) is 11.8 Å². The molecule has 1 aliphatic heterocycles. The standard InChI is InChI=1S/C26H25NOS/c1-29-21-13-10-19(11-14-21)26-23-9-5-8-22(23)24-16-20(12-15-25(24)27-26)28-17-18-6-3-2-4-7-18/h2-8,10-16,22-23,26-27H,9,17H2,1H3. The van der Waals surface area contributed by atoms with E-state index >= 15 is 0 Å². The van der Waals surface area contributed by atoms with E-state index in [1.165, 1.54) is 27.3 Å². The molecule has 1 N–H and O–H groups in total. The van der Waals surface area contributed by atoms with E-state index in [-0.39, 0.29) is 0 Å². The Morgan fingerprint density at radius 2 is 1.83 bits per heavy atom. The lowest BCUT2D eigenvalue weighted by atomic mass is 9.77. The molecule has 0 amide bonds. The van der Waals surface area contributed by atoms with Crippen LogP contribution in [0.4, 0.5) is 5.69 Å². The Bertz CT molecular complexity index is 1010. The van der Waals surface area contributed by atoms with Gasteiger partial charge in [-0.05, 0) is 65.6 Å². The third-order valence-corrected chi connectivity index (χ3v) is 6.80. The molecule has 3 atom stereocenters. The third-order valence-electron chi connectivity index (χ3n) is 6.06. The summed E-state index contributed by atoms with van der Waals surface area (Å²) >= 11 is 1.79. The van der Waals surface area contributed by atoms with Crippen LogP contribution in [0, 0.1) is 5.92 Å². The lowest BCUT2D eigenvalue weighted by Crippen LogP contribution is -2.29. The van der Waals surface area contributed by atoms with Gasteiger partial charge in [-0.1, -0.05) is 54.6 Å². The number of allylic oxidation sites excluding steroid dienone is 2. The van der Waals surface area contributed by atoms with Gasteiger partial charge in [-0.15, -0.1) is 11.8 Å². The van der Waals surface area contributed by atoms with Crippen LogP contribution in [0.2, 0.25) is 0 Å². The molecule has 2 aliphatic rings. The molecule has 0 spiro atoms. The number of hydrogen-bond donors (Lipinski definition) is 1. The van der Waals surface area contributed by atoms with Crippen molar-refractivity contribution in [1.82, 2.24) is 0 Å². The van der Waals surface area contributed by atoms with Gasteiger partial charge >= 0.3 is 0 Å². The van der Waals surface area contributed by atoms with Crippen LogP contribution >= 0.6 is 11.8 Å². The molecule has 3 heteroatoms. The van der Waals surface area contributed by atoms with Gasteiger partial charge in [-0.25, -0.2) is 0 Å². The zero-order valence-corrected chi connectivity index (χ0v) is 17.4. The number of benzene rings is 3. The van der Waals surface area contributed by atoms with Gasteiger partial charge < -0.3 is 10.1 Å². The SMILES string of the molecule is CSc1ccc(C2Nc3ccc(OCc4ccccc4)cc3C3C=CCC32)cc1. The quantitative estimate of drug-likeness (QED) is 0.376. The Morgan fingerprint density at radius 3 is 2.62 bits per heavy atom. The number of rotatable bonds is 5. The van der Waals surface area contributed by atoms with E-state index in [9.17, 15) is 0 Å². The smallest absolute Gasteiger partial charge is 0.120 e. The van der Waals surface area contributed by atoms with Crippen LogP contribution in [0.3, 0.4) is 0 Å². The van der Waals surface area contributed by atoms with Crippen molar-refractivity contribution in [3.63, 3.8) is 0 Å². The number of fused-ring (bicyclic) bond motifs is 3. The molecule has 3 unspecified atom stereocenters. The number of hydrogen-bond acceptors (Lipinski definition) is 3. The number of nitrogens with one attached hydrogen (secondary N) is 1. The van der Waals surface area contributed by atoms with Gasteiger partial charge in [0.15, 0.2) is 0 Å². The predicted molar refractivity (Wildman–Crippen MR) is 122 cm³/mol. The summed E-state index contributed by atoms with van der Waals surface area (Å²) in [6.45, 7) is 0.599. The molecule has 3 aromatic rings. The summed E-state index contributed by atoms with van der Waals surface area (Å²) in [5.41, 5.74) is 5.14. The molecule has 0 saturated carbocycles. The molecule has 2 nitrogen and oxygen atoms in total. The average Bonchev–Trinajstić information content (AvgIpc) is 3.28. The van der Waals surface area contributed by atoms with Crippen molar-refractivity contribution in [2.45, 2.75) is 29.9 Å². The summed E-state index contributed by atoms with van der Waals surface area (Å²) < 4.78 is 6.09. The van der Waals surface area contributed by atoms with Crippen molar-refractivity contribution in [1.29, 1.82) is 0 Å². The van der Waals surface area contributed by atoms with Crippen molar-refractivity contribution in [2.24, 2.45) is 5.92 Å². The summed E-state index contributed by atoms with van der Waals surface area (Å²) in [6.07, 6.45) is 7.96. The largest absolute Gasteiger partial charge is 0.489 e. The van der Waals surface area contributed by atoms with Crippen LogP contribution in [0.25, 0.3) is 0 Å². The lowest BCUT2D eigenvalue weighted by molar-refractivity contribution is 0.305. The predicted octanol–water partition coefficient (Wildman–Crippen LogP) is 6.81. The second kappa shape index (κ2) is 8.00. The van der Waals surface area contributed by atoms with Crippen LogP contribution in [-0.4, -0.2) is 6.26 Å². The van der Waals surface area contributed by atoms with Crippen molar-refractivity contribution in [3.8, 4) is 5.75 Å². The highest BCUT2D eigenvalue weighted by atomic mass is 32.2. The van der Waals surface area contributed by atoms with Gasteiger partial charge in [0.1, 0.15) is 12.4 Å². The molecule has 1 aliphatic carbocycles. The minimum absolute atomic E-state index is 0.342. The van der Waals surface area contributed by atoms with Crippen LogP contribution in [-0.2, 0) is 6.61 Å². The molecule has 5 rings (SSSR count). The summed E-state index contributed by atoms with van der Waals surface area (Å²) in [5, 5.41) is 3.82. The second-order valence-corrected chi connectivity index (χ2v) is 8.65. The van der Waals surface area contributed by atoms with E-state index < -0.39 is 0 Å². The fourth-order valence-electron chi connectivity index (χ4n) is 4.54. The molecule has 0 aromatic heterocycles. The first-order valence-electron chi connectivity index (χ1n) is 10.2. The maximum absolute atomic E-state index is 6.09. The highest BCUT2D eigenvalue weighted by molar-refractivity contribution is 7.98. The molecule has 29 heavy (non-hydrogen) atoms. The van der Waals surface area contributed by atoms with Crippen LogP contribution in [0.5, 0.6) is 5.75 Å². The first kappa shape index (κ1) is 18.4. The van der Waals surface area contributed by atoms with Crippen molar-refractivity contribution in [2.75, 3.05) is 11.6 Å². The summed E-state index contributed by atoms with van der Waals surface area (Å²) in [5.74, 6) is 1.93. The molecule has 146 valence electrons. The molecule has 0 fully saturated rings. The molecule has 0 bridgehead atoms.